The van der Waals surface area contributed by atoms with Gasteiger partial charge in [-0.2, -0.15) is 0 Å². The van der Waals surface area contributed by atoms with Gasteiger partial charge < -0.3 is 14.9 Å². The summed E-state index contributed by atoms with van der Waals surface area (Å²) in [6.45, 7) is 0. The summed E-state index contributed by atoms with van der Waals surface area (Å²) in [5, 5.41) is 15.3. The molecule has 6 heteroatoms. The second kappa shape index (κ2) is 3.79. The van der Waals surface area contributed by atoms with Gasteiger partial charge in [-0.3, -0.25) is 4.79 Å². The number of aromatic nitrogens is 2. The van der Waals surface area contributed by atoms with E-state index in [1.807, 2.05) is 0 Å². The summed E-state index contributed by atoms with van der Waals surface area (Å²) < 4.78 is 4.53. The number of hydrogen-bond acceptors (Lipinski definition) is 5. The molecule has 2 aromatic rings. The van der Waals surface area contributed by atoms with Crippen molar-refractivity contribution in [2.24, 2.45) is 0 Å². The molecule has 0 aromatic carbocycles. The van der Waals surface area contributed by atoms with Crippen LogP contribution in [0.25, 0.3) is 0 Å². The molecule has 0 aliphatic rings. The maximum atomic E-state index is 11.5. The topological polar surface area (TPSA) is 88.3 Å². The minimum atomic E-state index is -0.540. The molecule has 76 valence electrons. The van der Waals surface area contributed by atoms with Gasteiger partial charge in [0.05, 0.1) is 0 Å². The Morgan fingerprint density at radius 1 is 1.47 bits per heavy atom. The second-order valence-electron chi connectivity index (χ2n) is 2.71. The van der Waals surface area contributed by atoms with E-state index in [2.05, 4.69) is 20.0 Å². The van der Waals surface area contributed by atoms with Crippen LogP contribution in [0.2, 0.25) is 0 Å². The van der Waals surface area contributed by atoms with Crippen molar-refractivity contribution >= 4 is 11.7 Å². The Hall–Kier alpha value is -2.37. The normalized spacial score (nSPS) is 9.87. The Morgan fingerprint density at radius 3 is 3.00 bits per heavy atom. The van der Waals surface area contributed by atoms with Crippen molar-refractivity contribution in [1.82, 2.24) is 10.1 Å². The van der Waals surface area contributed by atoms with Crippen LogP contribution in [0.5, 0.6) is 5.75 Å². The van der Waals surface area contributed by atoms with Crippen LogP contribution < -0.4 is 5.32 Å². The molecule has 0 unspecified atom stereocenters. The molecule has 0 radical (unpaired) electrons. The Morgan fingerprint density at radius 2 is 2.33 bits per heavy atom. The van der Waals surface area contributed by atoms with E-state index >= 15 is 0 Å². The van der Waals surface area contributed by atoms with E-state index in [9.17, 15) is 9.90 Å². The molecule has 0 atom stereocenters. The van der Waals surface area contributed by atoms with Crippen molar-refractivity contribution in [2.75, 3.05) is 5.32 Å². The van der Waals surface area contributed by atoms with Gasteiger partial charge in [0.15, 0.2) is 11.5 Å². The zero-order valence-electron chi connectivity index (χ0n) is 7.54. The summed E-state index contributed by atoms with van der Waals surface area (Å²) >= 11 is 0. The Bertz CT molecular complexity index is 467. The second-order valence-corrected chi connectivity index (χ2v) is 2.71. The molecule has 2 aromatic heterocycles. The highest BCUT2D eigenvalue weighted by Crippen LogP contribution is 2.14. The monoisotopic (exact) mass is 205 g/mol. The first-order chi connectivity index (χ1) is 7.27. The number of rotatable bonds is 2. The number of hydrogen-bond donors (Lipinski definition) is 2. The SMILES string of the molecule is O=C(Nc1ccon1)c1ncccc1O. The minimum absolute atomic E-state index is 0.0551. The first-order valence-electron chi connectivity index (χ1n) is 4.13. The summed E-state index contributed by atoms with van der Waals surface area (Å²) in [6.07, 6.45) is 2.74. The third-order valence-corrected chi connectivity index (χ3v) is 1.68. The van der Waals surface area contributed by atoms with Crippen molar-refractivity contribution in [3.8, 4) is 5.75 Å². The zero-order chi connectivity index (χ0) is 10.7. The van der Waals surface area contributed by atoms with Gasteiger partial charge in [0.1, 0.15) is 12.0 Å². The molecule has 0 spiro atoms. The molecule has 15 heavy (non-hydrogen) atoms. The lowest BCUT2D eigenvalue weighted by Crippen LogP contribution is -2.13. The number of amides is 1. The quantitative estimate of drug-likeness (QED) is 0.764. The van der Waals surface area contributed by atoms with Gasteiger partial charge in [-0.25, -0.2) is 4.98 Å². The van der Waals surface area contributed by atoms with Crippen LogP contribution in [-0.4, -0.2) is 21.2 Å². The lowest BCUT2D eigenvalue weighted by atomic mass is 10.3. The molecule has 2 heterocycles. The van der Waals surface area contributed by atoms with Crippen LogP contribution in [0.15, 0.2) is 35.2 Å². The Kier molecular flexibility index (Phi) is 2.32. The first-order valence-corrected chi connectivity index (χ1v) is 4.13. The highest BCUT2D eigenvalue weighted by atomic mass is 16.5. The van der Waals surface area contributed by atoms with Crippen molar-refractivity contribution in [2.45, 2.75) is 0 Å². The van der Waals surface area contributed by atoms with Gasteiger partial charge in [-0.1, -0.05) is 5.16 Å². The maximum Gasteiger partial charge on any atom is 0.279 e. The van der Waals surface area contributed by atoms with Crippen LogP contribution in [0.4, 0.5) is 5.82 Å². The average molecular weight is 205 g/mol. The zero-order valence-corrected chi connectivity index (χ0v) is 7.54. The molecule has 0 saturated carbocycles. The minimum Gasteiger partial charge on any atom is -0.505 e. The van der Waals surface area contributed by atoms with Gasteiger partial charge in [0.25, 0.3) is 5.91 Å². The fraction of sp³-hybridized carbons (Fsp3) is 0. The van der Waals surface area contributed by atoms with E-state index in [4.69, 9.17) is 0 Å². The third-order valence-electron chi connectivity index (χ3n) is 1.68. The van der Waals surface area contributed by atoms with Gasteiger partial charge in [0.2, 0.25) is 0 Å². The molecule has 2 rings (SSSR count). The van der Waals surface area contributed by atoms with E-state index < -0.39 is 5.91 Å². The summed E-state index contributed by atoms with van der Waals surface area (Å²) in [4.78, 5) is 15.3. The summed E-state index contributed by atoms with van der Waals surface area (Å²) in [6, 6.07) is 4.39. The number of nitrogens with one attached hydrogen (secondary N) is 1. The number of aromatic hydroxyl groups is 1. The summed E-state index contributed by atoms with van der Waals surface area (Å²) in [5.74, 6) is -0.453. The maximum absolute atomic E-state index is 11.5. The molecule has 0 saturated heterocycles. The predicted molar refractivity (Wildman–Crippen MR) is 50.4 cm³/mol. The summed E-state index contributed by atoms with van der Waals surface area (Å²) in [5.41, 5.74) is -0.0551. The number of pyridine rings is 1. The lowest BCUT2D eigenvalue weighted by Gasteiger charge is -2.01. The van der Waals surface area contributed by atoms with Crippen LogP contribution in [0, 0.1) is 0 Å². The van der Waals surface area contributed by atoms with E-state index in [0.717, 1.165) is 0 Å². The summed E-state index contributed by atoms with van der Waals surface area (Å²) in [7, 11) is 0. The molecular formula is C9H7N3O3. The van der Waals surface area contributed by atoms with Gasteiger partial charge >= 0.3 is 0 Å². The van der Waals surface area contributed by atoms with E-state index in [0.29, 0.717) is 0 Å². The molecule has 0 bridgehead atoms. The molecule has 2 N–H and O–H groups in total. The van der Waals surface area contributed by atoms with Crippen LogP contribution in [0.3, 0.4) is 0 Å². The van der Waals surface area contributed by atoms with Crippen molar-refractivity contribution in [3.63, 3.8) is 0 Å². The van der Waals surface area contributed by atoms with Crippen LogP contribution >= 0.6 is 0 Å². The number of carbonyl (C=O) groups excluding carboxylic acids is 1. The highest BCUT2D eigenvalue weighted by molar-refractivity contribution is 6.03. The molecule has 1 amide bonds. The van der Waals surface area contributed by atoms with Gasteiger partial charge in [0, 0.05) is 12.3 Å². The molecule has 0 aliphatic heterocycles. The van der Waals surface area contributed by atoms with Gasteiger partial charge in [-0.05, 0) is 12.1 Å². The smallest absolute Gasteiger partial charge is 0.279 e. The van der Waals surface area contributed by atoms with Crippen molar-refractivity contribution in [3.05, 3.63) is 36.4 Å². The van der Waals surface area contributed by atoms with Crippen LogP contribution in [0.1, 0.15) is 10.5 Å². The lowest BCUT2D eigenvalue weighted by molar-refractivity contribution is 0.101. The fourth-order valence-corrected chi connectivity index (χ4v) is 1.02. The van der Waals surface area contributed by atoms with Crippen molar-refractivity contribution < 1.29 is 14.4 Å². The van der Waals surface area contributed by atoms with E-state index in [1.54, 1.807) is 0 Å². The largest absolute Gasteiger partial charge is 0.505 e. The average Bonchev–Trinajstić information content (AvgIpc) is 2.71. The molecule has 6 nitrogen and oxygen atoms in total. The first kappa shape index (κ1) is 9.20. The van der Waals surface area contributed by atoms with Crippen LogP contribution in [-0.2, 0) is 0 Å². The Labute approximate surface area is 84.5 Å². The van der Waals surface area contributed by atoms with Gasteiger partial charge in [-0.15, -0.1) is 0 Å². The number of anilines is 1. The standard InChI is InChI=1S/C9H7N3O3/c13-6-2-1-4-10-8(6)9(14)11-7-3-5-15-12-7/h1-5,13H,(H,11,12,14). The van der Waals surface area contributed by atoms with E-state index in [-0.39, 0.29) is 17.3 Å². The Balaban J connectivity index is 2.19. The fourth-order valence-electron chi connectivity index (χ4n) is 1.02. The van der Waals surface area contributed by atoms with E-state index in [1.165, 1.54) is 30.7 Å². The molecule has 0 fully saturated rings. The highest BCUT2D eigenvalue weighted by Gasteiger charge is 2.12. The predicted octanol–water partition coefficient (Wildman–Crippen LogP) is 1.03. The molecular weight excluding hydrogens is 198 g/mol. The molecule has 0 aliphatic carbocycles. The number of nitrogens with zero attached hydrogens (tertiary/aromatic N) is 2. The number of carbonyl (C=O) groups is 1. The van der Waals surface area contributed by atoms with Crippen molar-refractivity contribution in [1.29, 1.82) is 0 Å². The third kappa shape index (κ3) is 1.93.